The fraction of sp³-hybridized carbons (Fsp3) is 0.357. The summed E-state index contributed by atoms with van der Waals surface area (Å²) in [7, 11) is 2.06. The van der Waals surface area contributed by atoms with Gasteiger partial charge in [-0.15, -0.1) is 0 Å². The molecule has 0 amide bonds. The lowest BCUT2D eigenvalue weighted by atomic mass is 9.94. The quantitative estimate of drug-likeness (QED) is 0.711. The van der Waals surface area contributed by atoms with Gasteiger partial charge in [0.2, 0.25) is 0 Å². The maximum Gasteiger partial charge on any atom is 0.0824 e. The van der Waals surface area contributed by atoms with Crippen molar-refractivity contribution in [2.45, 2.75) is 25.2 Å². The zero-order valence-electron chi connectivity index (χ0n) is 9.62. The summed E-state index contributed by atoms with van der Waals surface area (Å²) in [6.45, 7) is 2.12. The van der Waals surface area contributed by atoms with Gasteiger partial charge in [0.05, 0.1) is 17.0 Å². The second-order valence-corrected chi connectivity index (χ2v) is 4.85. The Balaban J connectivity index is 2.27. The van der Waals surface area contributed by atoms with Crippen LogP contribution in [0, 0.1) is 18.3 Å². The van der Waals surface area contributed by atoms with Gasteiger partial charge < -0.3 is 4.57 Å². The van der Waals surface area contributed by atoms with Crippen molar-refractivity contribution in [2.24, 2.45) is 7.05 Å². The van der Waals surface area contributed by atoms with Gasteiger partial charge in [0.1, 0.15) is 0 Å². The highest BCUT2D eigenvalue weighted by Crippen LogP contribution is 2.48. The van der Waals surface area contributed by atoms with Crippen LogP contribution < -0.4 is 0 Å². The van der Waals surface area contributed by atoms with Crippen LogP contribution in [0.3, 0.4) is 0 Å². The number of aromatic nitrogens is 1. The van der Waals surface area contributed by atoms with E-state index in [2.05, 4.69) is 49.0 Å². The highest BCUT2D eigenvalue weighted by Gasteiger charge is 2.45. The summed E-state index contributed by atoms with van der Waals surface area (Å²) in [5.41, 5.74) is 3.57. The van der Waals surface area contributed by atoms with Gasteiger partial charge in [-0.2, -0.15) is 5.26 Å². The Hall–Kier alpha value is -1.75. The summed E-state index contributed by atoms with van der Waals surface area (Å²) in [6.07, 6.45) is 4.11. The number of hydrogen-bond acceptors (Lipinski definition) is 1. The Morgan fingerprint density at radius 2 is 2.12 bits per heavy atom. The van der Waals surface area contributed by atoms with Crippen molar-refractivity contribution in [1.82, 2.24) is 4.57 Å². The van der Waals surface area contributed by atoms with E-state index in [1.807, 2.05) is 0 Å². The normalized spacial score (nSPS) is 17.3. The molecule has 3 rings (SSSR count). The van der Waals surface area contributed by atoms with Gasteiger partial charge in [-0.3, -0.25) is 0 Å². The topological polar surface area (TPSA) is 28.7 Å². The van der Waals surface area contributed by atoms with E-state index in [4.69, 9.17) is 0 Å². The van der Waals surface area contributed by atoms with Gasteiger partial charge in [0.25, 0.3) is 0 Å². The molecule has 0 N–H and O–H groups in total. The third-order valence-electron chi connectivity index (χ3n) is 3.68. The monoisotopic (exact) mass is 210 g/mol. The number of hydrogen-bond donors (Lipinski definition) is 0. The van der Waals surface area contributed by atoms with Crippen LogP contribution in [0.15, 0.2) is 24.4 Å². The van der Waals surface area contributed by atoms with Gasteiger partial charge >= 0.3 is 0 Å². The van der Waals surface area contributed by atoms with Gasteiger partial charge in [-0.05, 0) is 43.0 Å². The third kappa shape index (κ3) is 1.12. The number of benzene rings is 1. The summed E-state index contributed by atoms with van der Waals surface area (Å²) >= 11 is 0. The molecule has 0 saturated heterocycles. The highest BCUT2D eigenvalue weighted by molar-refractivity contribution is 5.84. The van der Waals surface area contributed by atoms with E-state index in [1.165, 1.54) is 22.0 Å². The lowest BCUT2D eigenvalue weighted by Crippen LogP contribution is -2.03. The first kappa shape index (κ1) is 9.47. The molecule has 80 valence electrons. The molecule has 0 atom stereocenters. The van der Waals surface area contributed by atoms with Crippen molar-refractivity contribution in [1.29, 1.82) is 5.26 Å². The predicted octanol–water partition coefficient (Wildman–Crippen LogP) is 3.04. The second-order valence-electron chi connectivity index (χ2n) is 4.85. The van der Waals surface area contributed by atoms with Crippen molar-refractivity contribution in [3.05, 3.63) is 35.5 Å². The Morgan fingerprint density at radius 1 is 1.38 bits per heavy atom. The minimum Gasteiger partial charge on any atom is -0.350 e. The largest absolute Gasteiger partial charge is 0.350 e. The van der Waals surface area contributed by atoms with Gasteiger partial charge in [0, 0.05) is 18.6 Å². The average molecular weight is 210 g/mol. The van der Waals surface area contributed by atoms with Crippen LogP contribution in [-0.4, -0.2) is 4.57 Å². The molecule has 1 fully saturated rings. The molecule has 0 bridgehead atoms. The van der Waals surface area contributed by atoms with E-state index in [0.29, 0.717) is 0 Å². The Kier molecular flexibility index (Phi) is 1.71. The van der Waals surface area contributed by atoms with Crippen LogP contribution >= 0.6 is 0 Å². The summed E-state index contributed by atoms with van der Waals surface area (Å²) in [4.78, 5) is 0. The molecule has 0 unspecified atom stereocenters. The lowest BCUT2D eigenvalue weighted by Gasteiger charge is -2.09. The molecule has 1 saturated carbocycles. The predicted molar refractivity (Wildman–Crippen MR) is 64.2 cm³/mol. The molecule has 2 aromatic rings. The van der Waals surface area contributed by atoms with Crippen molar-refractivity contribution < 1.29 is 0 Å². The number of nitrogens with zero attached hydrogens (tertiary/aromatic N) is 2. The molecule has 1 aliphatic rings. The molecule has 0 radical (unpaired) electrons. The zero-order valence-corrected chi connectivity index (χ0v) is 9.62. The minimum absolute atomic E-state index is 0.172. The van der Waals surface area contributed by atoms with E-state index < -0.39 is 0 Å². The first-order valence-electron chi connectivity index (χ1n) is 5.64. The second kappa shape index (κ2) is 2.89. The number of nitriles is 1. The van der Waals surface area contributed by atoms with E-state index in [-0.39, 0.29) is 5.41 Å². The van der Waals surface area contributed by atoms with Crippen molar-refractivity contribution in [3.8, 4) is 6.07 Å². The summed E-state index contributed by atoms with van der Waals surface area (Å²) in [5.74, 6) is 0. The Morgan fingerprint density at radius 3 is 2.75 bits per heavy atom. The van der Waals surface area contributed by atoms with Gasteiger partial charge in [-0.1, -0.05) is 6.07 Å². The molecule has 2 nitrogen and oxygen atoms in total. The molecule has 1 heterocycles. The SMILES string of the molecule is Cc1cc(C2(C#N)CC2)cc2ccn(C)c12. The summed E-state index contributed by atoms with van der Waals surface area (Å²) < 4.78 is 2.14. The maximum atomic E-state index is 9.22. The third-order valence-corrected chi connectivity index (χ3v) is 3.68. The van der Waals surface area contributed by atoms with Crippen LogP contribution in [0.2, 0.25) is 0 Å². The molecular weight excluding hydrogens is 196 g/mol. The molecule has 16 heavy (non-hydrogen) atoms. The standard InChI is InChI=1S/C14H14N2/c1-10-7-12(14(9-15)4-5-14)8-11-3-6-16(2)13(10)11/h3,6-8H,4-5H2,1-2H3. The fourth-order valence-corrected chi connectivity index (χ4v) is 2.55. The first-order valence-corrected chi connectivity index (χ1v) is 5.64. The van der Waals surface area contributed by atoms with E-state index in [9.17, 15) is 5.26 Å². The van der Waals surface area contributed by atoms with E-state index >= 15 is 0 Å². The average Bonchev–Trinajstić information content (AvgIpc) is 2.99. The molecule has 1 aromatic carbocycles. The summed E-state index contributed by atoms with van der Waals surface area (Å²) in [6, 6.07) is 8.94. The number of aryl methyl sites for hydroxylation is 2. The first-order chi connectivity index (χ1) is 7.66. The maximum absolute atomic E-state index is 9.22. The molecule has 1 aromatic heterocycles. The van der Waals surface area contributed by atoms with Crippen LogP contribution in [-0.2, 0) is 12.5 Å². The van der Waals surface area contributed by atoms with Crippen molar-refractivity contribution in [2.75, 3.05) is 0 Å². The molecule has 2 heteroatoms. The van der Waals surface area contributed by atoms with Gasteiger partial charge in [0.15, 0.2) is 0 Å². The molecule has 0 aliphatic heterocycles. The minimum atomic E-state index is -0.172. The summed E-state index contributed by atoms with van der Waals surface area (Å²) in [5, 5.41) is 10.5. The van der Waals surface area contributed by atoms with E-state index in [1.54, 1.807) is 0 Å². The number of fused-ring (bicyclic) bond motifs is 1. The molecule has 0 spiro atoms. The van der Waals surface area contributed by atoms with Crippen LogP contribution in [0.5, 0.6) is 0 Å². The lowest BCUT2D eigenvalue weighted by molar-refractivity contribution is 0.906. The van der Waals surface area contributed by atoms with Crippen LogP contribution in [0.25, 0.3) is 10.9 Å². The highest BCUT2D eigenvalue weighted by atomic mass is 14.9. The van der Waals surface area contributed by atoms with Gasteiger partial charge in [-0.25, -0.2) is 0 Å². The molecular formula is C14H14N2. The van der Waals surface area contributed by atoms with Crippen molar-refractivity contribution >= 4 is 10.9 Å². The Bertz CT molecular complexity index is 609. The molecule has 1 aliphatic carbocycles. The van der Waals surface area contributed by atoms with E-state index in [0.717, 1.165) is 12.8 Å². The fourth-order valence-electron chi connectivity index (χ4n) is 2.55. The van der Waals surface area contributed by atoms with Crippen LogP contribution in [0.4, 0.5) is 0 Å². The zero-order chi connectivity index (χ0) is 11.3. The van der Waals surface area contributed by atoms with Crippen molar-refractivity contribution in [3.63, 3.8) is 0 Å². The smallest absolute Gasteiger partial charge is 0.0824 e. The number of rotatable bonds is 1. The Labute approximate surface area is 95.1 Å². The van der Waals surface area contributed by atoms with Crippen LogP contribution in [0.1, 0.15) is 24.0 Å².